The van der Waals surface area contributed by atoms with E-state index in [0.29, 0.717) is 12.6 Å². The monoisotopic (exact) mass is 367 g/mol. The molecule has 0 saturated carbocycles. The fourth-order valence-electron chi connectivity index (χ4n) is 2.19. The number of hydrogen-bond donors (Lipinski definition) is 1. The van der Waals surface area contributed by atoms with E-state index in [1.165, 1.54) is 16.0 Å². The molecule has 1 unspecified atom stereocenters. The highest BCUT2D eigenvalue weighted by Gasteiger charge is 2.12. The molecule has 1 aromatic heterocycles. The lowest BCUT2D eigenvalue weighted by Crippen LogP contribution is -2.20. The molecule has 21 heavy (non-hydrogen) atoms. The van der Waals surface area contributed by atoms with Gasteiger partial charge < -0.3 is 10.1 Å². The SMILES string of the molecule is CCCNC(C)c1cc(C)ccc1OCc1cc(Br)cs1. The average Bonchev–Trinajstić information content (AvgIpc) is 2.89. The number of benzene rings is 1. The van der Waals surface area contributed by atoms with Gasteiger partial charge in [-0.2, -0.15) is 0 Å². The summed E-state index contributed by atoms with van der Waals surface area (Å²) in [7, 11) is 0. The molecule has 2 nitrogen and oxygen atoms in total. The van der Waals surface area contributed by atoms with Crippen LogP contribution < -0.4 is 10.1 Å². The normalized spacial score (nSPS) is 12.4. The van der Waals surface area contributed by atoms with Crippen LogP contribution in [0.3, 0.4) is 0 Å². The third-order valence-corrected chi connectivity index (χ3v) is 5.00. The van der Waals surface area contributed by atoms with Crippen molar-refractivity contribution in [2.24, 2.45) is 0 Å². The number of ether oxygens (including phenoxy) is 1. The number of nitrogens with one attached hydrogen (secondary N) is 1. The van der Waals surface area contributed by atoms with Crippen LogP contribution in [0, 0.1) is 6.92 Å². The summed E-state index contributed by atoms with van der Waals surface area (Å²) in [6.45, 7) is 8.14. The van der Waals surface area contributed by atoms with Gasteiger partial charge in [-0.3, -0.25) is 0 Å². The summed E-state index contributed by atoms with van der Waals surface area (Å²) in [6.07, 6.45) is 1.13. The van der Waals surface area contributed by atoms with Crippen LogP contribution in [-0.4, -0.2) is 6.54 Å². The summed E-state index contributed by atoms with van der Waals surface area (Å²) >= 11 is 5.19. The van der Waals surface area contributed by atoms with Gasteiger partial charge in [0, 0.05) is 26.3 Å². The molecule has 0 saturated heterocycles. The quantitative estimate of drug-likeness (QED) is 0.701. The molecular formula is C17H22BrNOS. The van der Waals surface area contributed by atoms with Gasteiger partial charge in [-0.25, -0.2) is 0 Å². The zero-order chi connectivity index (χ0) is 15.2. The van der Waals surface area contributed by atoms with E-state index >= 15 is 0 Å². The van der Waals surface area contributed by atoms with E-state index < -0.39 is 0 Å². The molecule has 0 fully saturated rings. The molecule has 0 aliphatic carbocycles. The lowest BCUT2D eigenvalue weighted by molar-refractivity contribution is 0.303. The summed E-state index contributed by atoms with van der Waals surface area (Å²) < 4.78 is 7.16. The Labute approximate surface area is 139 Å². The van der Waals surface area contributed by atoms with E-state index in [0.717, 1.165) is 23.2 Å². The number of rotatable bonds is 7. The Kier molecular flexibility index (Phi) is 6.27. The first-order chi connectivity index (χ1) is 10.1. The molecule has 1 heterocycles. The van der Waals surface area contributed by atoms with Crippen molar-refractivity contribution in [2.75, 3.05) is 6.54 Å². The lowest BCUT2D eigenvalue weighted by Gasteiger charge is -2.18. The minimum absolute atomic E-state index is 0.301. The van der Waals surface area contributed by atoms with Crippen molar-refractivity contribution >= 4 is 27.3 Å². The van der Waals surface area contributed by atoms with Crippen molar-refractivity contribution in [2.45, 2.75) is 39.8 Å². The van der Waals surface area contributed by atoms with Crippen molar-refractivity contribution in [3.63, 3.8) is 0 Å². The van der Waals surface area contributed by atoms with Gasteiger partial charge in [-0.15, -0.1) is 11.3 Å². The predicted molar refractivity (Wildman–Crippen MR) is 94.2 cm³/mol. The molecule has 0 radical (unpaired) electrons. The fraction of sp³-hybridized carbons (Fsp3) is 0.412. The van der Waals surface area contributed by atoms with Crippen LogP contribution in [0.5, 0.6) is 5.75 Å². The van der Waals surface area contributed by atoms with Crippen LogP contribution in [0.4, 0.5) is 0 Å². The van der Waals surface area contributed by atoms with Gasteiger partial charge in [0.25, 0.3) is 0 Å². The summed E-state index contributed by atoms with van der Waals surface area (Å²) in [5.74, 6) is 0.973. The van der Waals surface area contributed by atoms with Gasteiger partial charge in [0.2, 0.25) is 0 Å². The number of hydrogen-bond acceptors (Lipinski definition) is 3. The first-order valence-corrected chi connectivity index (χ1v) is 8.97. The van der Waals surface area contributed by atoms with Crippen molar-refractivity contribution in [1.29, 1.82) is 0 Å². The fourth-order valence-corrected chi connectivity index (χ4v) is 3.55. The second-order valence-corrected chi connectivity index (χ2v) is 7.15. The second-order valence-electron chi connectivity index (χ2n) is 5.24. The standard InChI is InChI=1S/C17H22BrNOS/c1-4-7-19-13(3)16-8-12(2)5-6-17(16)20-10-15-9-14(18)11-21-15/h5-6,8-9,11,13,19H,4,7,10H2,1-3H3. The molecule has 1 atom stereocenters. The van der Waals surface area contributed by atoms with E-state index in [4.69, 9.17) is 4.74 Å². The molecule has 2 rings (SSSR count). The maximum atomic E-state index is 6.04. The minimum Gasteiger partial charge on any atom is -0.488 e. The second kappa shape index (κ2) is 7.97. The van der Waals surface area contributed by atoms with Gasteiger partial charge in [-0.05, 0) is 54.9 Å². The average molecular weight is 368 g/mol. The smallest absolute Gasteiger partial charge is 0.124 e. The molecule has 0 aliphatic heterocycles. The molecule has 0 amide bonds. The van der Waals surface area contributed by atoms with Crippen LogP contribution in [0.2, 0.25) is 0 Å². The number of halogens is 1. The van der Waals surface area contributed by atoms with Gasteiger partial charge in [0.05, 0.1) is 0 Å². The van der Waals surface area contributed by atoms with Crippen LogP contribution in [-0.2, 0) is 6.61 Å². The summed E-state index contributed by atoms with van der Waals surface area (Å²) in [5, 5.41) is 5.62. The van der Waals surface area contributed by atoms with Gasteiger partial charge in [0.1, 0.15) is 12.4 Å². The number of aryl methyl sites for hydroxylation is 1. The van der Waals surface area contributed by atoms with Gasteiger partial charge in [0.15, 0.2) is 0 Å². The van der Waals surface area contributed by atoms with Crippen molar-refractivity contribution < 1.29 is 4.74 Å². The Morgan fingerprint density at radius 1 is 1.33 bits per heavy atom. The predicted octanol–water partition coefficient (Wildman–Crippen LogP) is 5.46. The molecule has 1 aromatic carbocycles. The topological polar surface area (TPSA) is 21.3 Å². The molecule has 4 heteroatoms. The molecular weight excluding hydrogens is 346 g/mol. The first-order valence-electron chi connectivity index (χ1n) is 7.29. The Balaban J connectivity index is 2.10. The van der Waals surface area contributed by atoms with E-state index in [2.05, 4.69) is 71.7 Å². The van der Waals surface area contributed by atoms with Crippen LogP contribution in [0.1, 0.15) is 42.3 Å². The summed E-state index contributed by atoms with van der Waals surface area (Å²) in [5.41, 5.74) is 2.50. The number of thiophene rings is 1. The zero-order valence-electron chi connectivity index (χ0n) is 12.8. The van der Waals surface area contributed by atoms with Crippen LogP contribution in [0.15, 0.2) is 34.1 Å². The lowest BCUT2D eigenvalue weighted by atomic mass is 10.0. The Hall–Kier alpha value is -0.840. The molecule has 0 bridgehead atoms. The third kappa shape index (κ3) is 4.83. The molecule has 114 valence electrons. The zero-order valence-corrected chi connectivity index (χ0v) is 15.2. The molecule has 0 spiro atoms. The highest BCUT2D eigenvalue weighted by Crippen LogP contribution is 2.28. The van der Waals surface area contributed by atoms with Gasteiger partial charge >= 0.3 is 0 Å². The molecule has 2 aromatic rings. The third-order valence-electron chi connectivity index (χ3n) is 3.32. The van der Waals surface area contributed by atoms with E-state index in [-0.39, 0.29) is 0 Å². The van der Waals surface area contributed by atoms with E-state index in [1.54, 1.807) is 11.3 Å². The Bertz CT molecular complexity index is 582. The molecule has 1 N–H and O–H groups in total. The van der Waals surface area contributed by atoms with Crippen molar-refractivity contribution in [3.8, 4) is 5.75 Å². The van der Waals surface area contributed by atoms with Crippen LogP contribution in [0.25, 0.3) is 0 Å². The first kappa shape index (κ1) is 16.5. The van der Waals surface area contributed by atoms with E-state index in [1.807, 2.05) is 0 Å². The van der Waals surface area contributed by atoms with Crippen molar-refractivity contribution in [1.82, 2.24) is 5.32 Å². The Morgan fingerprint density at radius 3 is 2.81 bits per heavy atom. The largest absolute Gasteiger partial charge is 0.488 e. The molecule has 0 aliphatic rings. The van der Waals surface area contributed by atoms with Crippen LogP contribution >= 0.6 is 27.3 Å². The maximum Gasteiger partial charge on any atom is 0.124 e. The van der Waals surface area contributed by atoms with Gasteiger partial charge in [-0.1, -0.05) is 24.6 Å². The van der Waals surface area contributed by atoms with Crippen molar-refractivity contribution in [3.05, 3.63) is 50.1 Å². The summed E-state index contributed by atoms with van der Waals surface area (Å²) in [4.78, 5) is 1.22. The highest BCUT2D eigenvalue weighted by molar-refractivity contribution is 9.10. The van der Waals surface area contributed by atoms with E-state index in [9.17, 15) is 0 Å². The highest BCUT2D eigenvalue weighted by atomic mass is 79.9. The minimum atomic E-state index is 0.301. The Morgan fingerprint density at radius 2 is 2.14 bits per heavy atom. The maximum absolute atomic E-state index is 6.04. The summed E-state index contributed by atoms with van der Waals surface area (Å²) in [6, 6.07) is 8.81.